The molecule has 0 bridgehead atoms. The van der Waals surface area contributed by atoms with Gasteiger partial charge in [-0.05, 0) is 37.6 Å². The average Bonchev–Trinajstić information content (AvgIpc) is 2.86. The van der Waals surface area contributed by atoms with Crippen molar-refractivity contribution in [3.8, 4) is 0 Å². The molecule has 0 spiro atoms. The second-order valence-electron chi connectivity index (χ2n) is 7.41. The van der Waals surface area contributed by atoms with Crippen molar-refractivity contribution in [2.45, 2.75) is 26.8 Å². The van der Waals surface area contributed by atoms with Gasteiger partial charge in [-0.2, -0.15) is 0 Å². The average molecular weight is 403 g/mol. The summed E-state index contributed by atoms with van der Waals surface area (Å²) in [5.41, 5.74) is 4.69. The highest BCUT2D eigenvalue weighted by molar-refractivity contribution is 5.99. The third kappa shape index (κ3) is 3.49. The Kier molecular flexibility index (Phi) is 5.40. The fourth-order valence-corrected chi connectivity index (χ4v) is 4.04. The number of ether oxygens (including phenoxy) is 1. The number of fused-ring (bicyclic) bond motifs is 2. The summed E-state index contributed by atoms with van der Waals surface area (Å²) in [5, 5.41) is 0.940. The topological polar surface area (TPSA) is 62.7 Å². The maximum absolute atomic E-state index is 12.8. The van der Waals surface area contributed by atoms with Crippen LogP contribution < -0.4 is 9.80 Å². The van der Waals surface area contributed by atoms with Gasteiger partial charge in [0, 0.05) is 25.4 Å². The van der Waals surface area contributed by atoms with Crippen LogP contribution in [0.5, 0.6) is 0 Å². The number of anilines is 2. The summed E-state index contributed by atoms with van der Waals surface area (Å²) in [6, 6.07) is 15.6. The number of amides is 1. The molecule has 2 aromatic carbocycles. The van der Waals surface area contributed by atoms with Gasteiger partial charge in [-0.3, -0.25) is 9.78 Å². The molecular formula is C24H25N3O3. The van der Waals surface area contributed by atoms with Crippen molar-refractivity contribution in [1.29, 1.82) is 0 Å². The minimum absolute atomic E-state index is 0.0678. The van der Waals surface area contributed by atoms with E-state index in [1.165, 1.54) is 0 Å². The second-order valence-corrected chi connectivity index (χ2v) is 7.41. The van der Waals surface area contributed by atoms with Crippen molar-refractivity contribution in [3.63, 3.8) is 0 Å². The van der Waals surface area contributed by atoms with Crippen LogP contribution in [0.25, 0.3) is 10.9 Å². The van der Waals surface area contributed by atoms with Gasteiger partial charge in [-0.25, -0.2) is 4.79 Å². The standard InChI is InChI=1S/C24H25N3O3/c1-4-30-24(29)23-16(2)17-9-5-6-10-18(17)25-19(23)15-27-14-13-22(28)26(3)20-11-7-8-12-21(20)27/h5-12H,4,13-15H2,1-3H3. The van der Waals surface area contributed by atoms with E-state index in [0.29, 0.717) is 37.4 Å². The first-order chi connectivity index (χ1) is 14.5. The fourth-order valence-electron chi connectivity index (χ4n) is 4.04. The zero-order chi connectivity index (χ0) is 21.3. The number of carbonyl (C=O) groups is 2. The number of aromatic nitrogens is 1. The lowest BCUT2D eigenvalue weighted by Gasteiger charge is -2.26. The van der Waals surface area contributed by atoms with Crippen LogP contribution >= 0.6 is 0 Å². The normalized spacial score (nSPS) is 13.9. The predicted octanol–water partition coefficient (Wildman–Crippen LogP) is 4.09. The van der Waals surface area contributed by atoms with E-state index < -0.39 is 0 Å². The Morgan fingerprint density at radius 1 is 1.10 bits per heavy atom. The smallest absolute Gasteiger partial charge is 0.340 e. The first kappa shape index (κ1) is 19.9. The molecule has 30 heavy (non-hydrogen) atoms. The maximum atomic E-state index is 12.8. The molecular weight excluding hydrogens is 378 g/mol. The van der Waals surface area contributed by atoms with Crippen LogP contribution in [-0.4, -0.2) is 37.1 Å². The van der Waals surface area contributed by atoms with Gasteiger partial charge in [0.15, 0.2) is 0 Å². The van der Waals surface area contributed by atoms with Gasteiger partial charge in [-0.15, -0.1) is 0 Å². The van der Waals surface area contributed by atoms with Crippen LogP contribution in [0, 0.1) is 6.92 Å². The molecule has 0 saturated carbocycles. The largest absolute Gasteiger partial charge is 0.462 e. The van der Waals surface area contributed by atoms with Crippen LogP contribution in [-0.2, 0) is 16.1 Å². The lowest BCUT2D eigenvalue weighted by molar-refractivity contribution is -0.118. The molecule has 6 heteroatoms. The summed E-state index contributed by atoms with van der Waals surface area (Å²) in [6.07, 6.45) is 0.395. The quantitative estimate of drug-likeness (QED) is 0.614. The molecule has 0 unspecified atom stereocenters. The predicted molar refractivity (Wildman–Crippen MR) is 118 cm³/mol. The van der Waals surface area contributed by atoms with Crippen LogP contribution in [0.3, 0.4) is 0 Å². The van der Waals surface area contributed by atoms with Gasteiger partial charge < -0.3 is 14.5 Å². The van der Waals surface area contributed by atoms with Gasteiger partial charge in [0.2, 0.25) is 5.91 Å². The highest BCUT2D eigenvalue weighted by atomic mass is 16.5. The number of rotatable bonds is 4. The zero-order valence-electron chi connectivity index (χ0n) is 17.5. The van der Waals surface area contributed by atoms with E-state index in [9.17, 15) is 9.59 Å². The van der Waals surface area contributed by atoms with E-state index in [-0.39, 0.29) is 11.9 Å². The number of carbonyl (C=O) groups excluding carboxylic acids is 2. The van der Waals surface area contributed by atoms with Crippen molar-refractivity contribution >= 4 is 34.2 Å². The Hall–Kier alpha value is -3.41. The Balaban J connectivity index is 1.83. The third-order valence-corrected chi connectivity index (χ3v) is 5.60. The Labute approximate surface area is 176 Å². The number of hydrogen-bond donors (Lipinski definition) is 0. The van der Waals surface area contributed by atoms with Crippen LogP contribution in [0.1, 0.15) is 35.0 Å². The van der Waals surface area contributed by atoms with Crippen molar-refractivity contribution in [2.75, 3.05) is 30.0 Å². The summed E-state index contributed by atoms with van der Waals surface area (Å²) in [6.45, 7) is 5.01. The van der Waals surface area contributed by atoms with Crippen LogP contribution in [0.2, 0.25) is 0 Å². The molecule has 0 N–H and O–H groups in total. The van der Waals surface area contributed by atoms with E-state index in [0.717, 1.165) is 27.8 Å². The zero-order valence-corrected chi connectivity index (χ0v) is 17.5. The van der Waals surface area contributed by atoms with Crippen LogP contribution in [0.15, 0.2) is 48.5 Å². The number of aryl methyl sites for hydroxylation is 1. The molecule has 1 aromatic heterocycles. The van der Waals surface area contributed by atoms with E-state index in [4.69, 9.17) is 9.72 Å². The number of hydrogen-bond acceptors (Lipinski definition) is 5. The lowest BCUT2D eigenvalue weighted by Crippen LogP contribution is -2.27. The highest BCUT2D eigenvalue weighted by Gasteiger charge is 2.26. The maximum Gasteiger partial charge on any atom is 0.340 e. The monoisotopic (exact) mass is 403 g/mol. The van der Waals surface area contributed by atoms with Gasteiger partial charge in [-0.1, -0.05) is 30.3 Å². The van der Waals surface area contributed by atoms with Gasteiger partial charge in [0.1, 0.15) is 0 Å². The molecule has 1 aliphatic rings. The number of esters is 1. The molecule has 0 aliphatic carbocycles. The molecule has 6 nitrogen and oxygen atoms in total. The van der Waals surface area contributed by atoms with Crippen molar-refractivity contribution in [1.82, 2.24) is 4.98 Å². The minimum atomic E-state index is -0.362. The summed E-state index contributed by atoms with van der Waals surface area (Å²) in [4.78, 5) is 34.0. The summed E-state index contributed by atoms with van der Waals surface area (Å²) < 4.78 is 5.36. The molecule has 3 aromatic rings. The number of benzene rings is 2. The Morgan fingerprint density at radius 3 is 2.57 bits per heavy atom. The molecule has 1 aliphatic heterocycles. The van der Waals surface area contributed by atoms with Gasteiger partial charge in [0.25, 0.3) is 0 Å². The number of nitrogens with zero attached hydrogens (tertiary/aromatic N) is 3. The Bertz CT molecular complexity index is 1130. The second kappa shape index (κ2) is 8.14. The summed E-state index contributed by atoms with van der Waals surface area (Å²) in [7, 11) is 1.80. The Morgan fingerprint density at radius 2 is 1.80 bits per heavy atom. The van der Waals surface area contributed by atoms with E-state index in [1.807, 2.05) is 55.5 Å². The molecule has 0 atom stereocenters. The highest BCUT2D eigenvalue weighted by Crippen LogP contribution is 2.34. The lowest BCUT2D eigenvalue weighted by atomic mass is 10.0. The molecule has 0 saturated heterocycles. The SMILES string of the molecule is CCOC(=O)c1c(CN2CCC(=O)N(C)c3ccccc32)nc2ccccc2c1C. The number of para-hydroxylation sites is 3. The minimum Gasteiger partial charge on any atom is -0.462 e. The summed E-state index contributed by atoms with van der Waals surface area (Å²) in [5.74, 6) is -0.294. The van der Waals surface area contributed by atoms with Gasteiger partial charge in [0.05, 0.1) is 41.3 Å². The molecule has 154 valence electrons. The summed E-state index contributed by atoms with van der Waals surface area (Å²) >= 11 is 0. The molecule has 0 fully saturated rings. The van der Waals surface area contributed by atoms with Crippen LogP contribution in [0.4, 0.5) is 11.4 Å². The fraction of sp³-hybridized carbons (Fsp3) is 0.292. The van der Waals surface area contributed by atoms with E-state index in [2.05, 4.69) is 4.90 Å². The van der Waals surface area contributed by atoms with Crippen molar-refractivity contribution in [3.05, 3.63) is 65.4 Å². The van der Waals surface area contributed by atoms with Crippen molar-refractivity contribution in [2.24, 2.45) is 0 Å². The number of pyridine rings is 1. The molecule has 0 radical (unpaired) electrons. The molecule has 2 heterocycles. The first-order valence-electron chi connectivity index (χ1n) is 10.2. The van der Waals surface area contributed by atoms with Crippen molar-refractivity contribution < 1.29 is 14.3 Å². The first-order valence-corrected chi connectivity index (χ1v) is 10.2. The third-order valence-electron chi connectivity index (χ3n) is 5.60. The van der Waals surface area contributed by atoms with Gasteiger partial charge >= 0.3 is 5.97 Å². The van der Waals surface area contributed by atoms with E-state index >= 15 is 0 Å². The molecule has 4 rings (SSSR count). The van der Waals surface area contributed by atoms with E-state index in [1.54, 1.807) is 18.9 Å². The molecule has 1 amide bonds.